The van der Waals surface area contributed by atoms with Crippen LogP contribution in [0.2, 0.25) is 5.02 Å². The Balaban J connectivity index is 1.83. The van der Waals surface area contributed by atoms with Gasteiger partial charge in [0, 0.05) is 24.7 Å². The molecule has 0 atom stereocenters. The van der Waals surface area contributed by atoms with E-state index in [4.69, 9.17) is 16.3 Å². The molecule has 7 heteroatoms. The smallest absolute Gasteiger partial charge is 0.262 e. The Labute approximate surface area is 126 Å². The van der Waals surface area contributed by atoms with Crippen LogP contribution >= 0.6 is 11.6 Å². The van der Waals surface area contributed by atoms with Crippen LogP contribution in [0.3, 0.4) is 0 Å². The van der Waals surface area contributed by atoms with E-state index in [1.165, 1.54) is 0 Å². The fourth-order valence-corrected chi connectivity index (χ4v) is 2.30. The molecule has 0 unspecified atom stereocenters. The Morgan fingerprint density at radius 3 is 2.81 bits per heavy atom. The molecule has 1 fully saturated rings. The molecule has 0 radical (unpaired) electrons. The summed E-state index contributed by atoms with van der Waals surface area (Å²) >= 11 is 6.14. The van der Waals surface area contributed by atoms with Crippen LogP contribution in [0, 0.1) is 0 Å². The fraction of sp³-hybridized carbons (Fsp3) is 0.286. The van der Waals surface area contributed by atoms with E-state index < -0.39 is 0 Å². The first kappa shape index (κ1) is 13.9. The average molecular weight is 308 g/mol. The third-order valence-electron chi connectivity index (χ3n) is 3.50. The second-order valence-electron chi connectivity index (χ2n) is 4.95. The van der Waals surface area contributed by atoms with Gasteiger partial charge in [-0.05, 0) is 18.6 Å². The minimum atomic E-state index is -0.228. The molecule has 1 aromatic carbocycles. The van der Waals surface area contributed by atoms with Gasteiger partial charge in [-0.1, -0.05) is 11.6 Å². The van der Waals surface area contributed by atoms with E-state index in [-0.39, 0.29) is 18.4 Å². The Bertz CT molecular complexity index is 664. The highest BCUT2D eigenvalue weighted by molar-refractivity contribution is 6.34. The van der Waals surface area contributed by atoms with Crippen molar-refractivity contribution in [2.75, 3.05) is 30.3 Å². The van der Waals surface area contributed by atoms with Crippen molar-refractivity contribution in [3.63, 3.8) is 0 Å². The van der Waals surface area contributed by atoms with Gasteiger partial charge < -0.3 is 20.7 Å². The summed E-state index contributed by atoms with van der Waals surface area (Å²) in [4.78, 5) is 23.4. The Morgan fingerprint density at radius 2 is 2.14 bits per heavy atom. The van der Waals surface area contributed by atoms with Crippen molar-refractivity contribution in [1.29, 1.82) is 0 Å². The lowest BCUT2D eigenvalue weighted by molar-refractivity contribution is -0.118. The maximum atomic E-state index is 12.2. The van der Waals surface area contributed by atoms with E-state index in [9.17, 15) is 9.59 Å². The molecule has 1 saturated heterocycles. The van der Waals surface area contributed by atoms with Gasteiger partial charge in [-0.25, -0.2) is 0 Å². The largest absolute Gasteiger partial charge is 0.482 e. The number of nitrogens with one attached hydrogen (secondary N) is 3. The zero-order chi connectivity index (χ0) is 15.0. The fourth-order valence-electron chi connectivity index (χ4n) is 2.09. The number of amides is 2. The lowest BCUT2D eigenvalue weighted by Crippen LogP contribution is -2.36. The minimum absolute atomic E-state index is 0.0449. The van der Waals surface area contributed by atoms with Gasteiger partial charge in [-0.3, -0.25) is 9.59 Å². The molecule has 0 bridgehead atoms. The zero-order valence-corrected chi connectivity index (χ0v) is 12.1. The Kier molecular flexibility index (Phi) is 3.57. The molecule has 2 aliphatic heterocycles. The van der Waals surface area contributed by atoms with Crippen LogP contribution in [0.1, 0.15) is 6.92 Å². The van der Waals surface area contributed by atoms with Gasteiger partial charge in [0.2, 0.25) is 0 Å². The molecule has 0 aliphatic carbocycles. The zero-order valence-electron chi connectivity index (χ0n) is 11.4. The predicted octanol–water partition coefficient (Wildman–Crippen LogP) is 1.53. The summed E-state index contributed by atoms with van der Waals surface area (Å²) in [6.07, 6.45) is 0. The molecule has 2 heterocycles. The van der Waals surface area contributed by atoms with Crippen molar-refractivity contribution in [2.24, 2.45) is 0 Å². The van der Waals surface area contributed by atoms with Gasteiger partial charge in [-0.15, -0.1) is 0 Å². The molecule has 1 aromatic rings. The van der Waals surface area contributed by atoms with Gasteiger partial charge >= 0.3 is 0 Å². The number of benzene rings is 1. The summed E-state index contributed by atoms with van der Waals surface area (Å²) in [5, 5.41) is 8.87. The highest BCUT2D eigenvalue weighted by Crippen LogP contribution is 2.36. The maximum absolute atomic E-state index is 12.2. The van der Waals surface area contributed by atoms with Crippen LogP contribution in [-0.4, -0.2) is 31.5 Å². The third-order valence-corrected chi connectivity index (χ3v) is 3.81. The van der Waals surface area contributed by atoms with Gasteiger partial charge in [0.05, 0.1) is 16.4 Å². The minimum Gasteiger partial charge on any atom is -0.482 e. The summed E-state index contributed by atoms with van der Waals surface area (Å²) in [7, 11) is 0. The van der Waals surface area contributed by atoms with E-state index in [1.54, 1.807) is 19.1 Å². The summed E-state index contributed by atoms with van der Waals surface area (Å²) < 4.78 is 5.31. The van der Waals surface area contributed by atoms with E-state index in [1.807, 2.05) is 0 Å². The van der Waals surface area contributed by atoms with Crippen LogP contribution in [0.25, 0.3) is 0 Å². The molecule has 6 nitrogen and oxygen atoms in total. The van der Waals surface area contributed by atoms with Crippen LogP contribution in [0.15, 0.2) is 23.3 Å². The van der Waals surface area contributed by atoms with Crippen LogP contribution in [0.5, 0.6) is 5.75 Å². The second kappa shape index (κ2) is 5.38. The molecule has 0 saturated carbocycles. The molecule has 3 N–H and O–H groups in total. The number of halogens is 1. The van der Waals surface area contributed by atoms with Crippen molar-refractivity contribution in [1.82, 2.24) is 5.32 Å². The molecule has 110 valence electrons. The summed E-state index contributed by atoms with van der Waals surface area (Å²) in [5.41, 5.74) is 2.75. The van der Waals surface area contributed by atoms with Crippen molar-refractivity contribution >= 4 is 34.8 Å². The molecule has 2 aliphatic rings. The van der Waals surface area contributed by atoms with Gasteiger partial charge in [0.15, 0.2) is 6.61 Å². The van der Waals surface area contributed by atoms with Crippen LogP contribution < -0.4 is 20.7 Å². The number of rotatable bonds is 2. The standard InChI is InChI=1S/C14H14ClN3O3/c1-7(8-4-16-5-8)14(20)18-10-3-12-11(2-9(10)15)17-13(19)6-21-12/h2-3,16H,4-6H2,1H3,(H,17,19)(H,18,20). The van der Waals surface area contributed by atoms with Crippen molar-refractivity contribution in [3.8, 4) is 5.75 Å². The van der Waals surface area contributed by atoms with E-state index >= 15 is 0 Å². The molecule has 21 heavy (non-hydrogen) atoms. The summed E-state index contributed by atoms with van der Waals surface area (Å²) in [6, 6.07) is 3.18. The predicted molar refractivity (Wildman–Crippen MR) is 79.8 cm³/mol. The first-order valence-electron chi connectivity index (χ1n) is 6.51. The molecule has 2 amide bonds. The van der Waals surface area contributed by atoms with Crippen LogP contribution in [-0.2, 0) is 9.59 Å². The highest BCUT2D eigenvalue weighted by atomic mass is 35.5. The van der Waals surface area contributed by atoms with E-state index in [0.29, 0.717) is 27.7 Å². The summed E-state index contributed by atoms with van der Waals surface area (Å²) in [6.45, 7) is 3.23. The van der Waals surface area contributed by atoms with Crippen molar-refractivity contribution < 1.29 is 14.3 Å². The topological polar surface area (TPSA) is 79.5 Å². The molecular weight excluding hydrogens is 294 g/mol. The number of hydrogen-bond acceptors (Lipinski definition) is 4. The quantitative estimate of drug-likeness (QED) is 0.724. The van der Waals surface area contributed by atoms with Crippen LogP contribution in [0.4, 0.5) is 11.4 Å². The maximum Gasteiger partial charge on any atom is 0.262 e. The Morgan fingerprint density at radius 1 is 1.38 bits per heavy atom. The van der Waals surface area contributed by atoms with Crippen molar-refractivity contribution in [2.45, 2.75) is 6.92 Å². The molecule has 0 spiro atoms. The van der Waals surface area contributed by atoms with Gasteiger partial charge in [0.25, 0.3) is 11.8 Å². The van der Waals surface area contributed by atoms with Gasteiger partial charge in [-0.2, -0.15) is 0 Å². The van der Waals surface area contributed by atoms with E-state index in [0.717, 1.165) is 18.7 Å². The monoisotopic (exact) mass is 307 g/mol. The average Bonchev–Trinajstić information content (AvgIpc) is 2.37. The number of hydrogen-bond donors (Lipinski definition) is 3. The molecule has 0 aromatic heterocycles. The second-order valence-corrected chi connectivity index (χ2v) is 5.36. The third kappa shape index (κ3) is 2.72. The number of anilines is 2. The van der Waals surface area contributed by atoms with Crippen molar-refractivity contribution in [3.05, 3.63) is 28.3 Å². The lowest BCUT2D eigenvalue weighted by atomic mass is 10.0. The Hall–Kier alpha value is -2.05. The number of carbonyl (C=O) groups is 2. The first-order valence-corrected chi connectivity index (χ1v) is 6.89. The van der Waals surface area contributed by atoms with E-state index in [2.05, 4.69) is 16.0 Å². The SMILES string of the molecule is CC(C(=O)Nc1cc2c(cc1Cl)NC(=O)CO2)=C1CNC1. The molecular formula is C14H14ClN3O3. The van der Waals surface area contributed by atoms with Gasteiger partial charge in [0.1, 0.15) is 5.75 Å². The number of carbonyl (C=O) groups excluding carboxylic acids is 2. The first-order chi connectivity index (χ1) is 10.0. The molecule has 3 rings (SSSR count). The lowest BCUT2D eigenvalue weighted by Gasteiger charge is -2.22. The number of fused-ring (bicyclic) bond motifs is 1. The summed E-state index contributed by atoms with van der Waals surface area (Å²) in [5.74, 6) is 0.0755. The number of ether oxygens (including phenoxy) is 1. The highest BCUT2D eigenvalue weighted by Gasteiger charge is 2.20. The normalized spacial score (nSPS) is 16.3.